The SMILES string of the molecule is CC(=O)C(Br)c1ccc(CC#N)c(/C=C/C(=O)O)c1. The minimum atomic E-state index is -1.06. The average Bonchev–Trinajstić information content (AvgIpc) is 2.36. The molecule has 0 aliphatic rings. The van der Waals surface area contributed by atoms with Crippen LogP contribution in [-0.2, 0) is 16.0 Å². The van der Waals surface area contributed by atoms with E-state index in [1.165, 1.54) is 13.0 Å². The number of carboxylic acid groups (broad SMARTS) is 1. The smallest absolute Gasteiger partial charge is 0.328 e. The van der Waals surface area contributed by atoms with Crippen molar-refractivity contribution < 1.29 is 14.7 Å². The first kappa shape index (κ1) is 15.1. The van der Waals surface area contributed by atoms with Gasteiger partial charge in [0, 0.05) is 6.08 Å². The number of aliphatic carboxylic acids is 1. The Bertz CT molecular complexity index is 573. The first-order valence-electron chi connectivity index (χ1n) is 5.51. The van der Waals surface area contributed by atoms with Crippen LogP contribution in [0.4, 0.5) is 0 Å². The van der Waals surface area contributed by atoms with Gasteiger partial charge in [0.15, 0.2) is 0 Å². The Balaban J connectivity index is 3.22. The zero-order valence-corrected chi connectivity index (χ0v) is 11.8. The number of alkyl halides is 1. The van der Waals surface area contributed by atoms with Crippen LogP contribution in [0, 0.1) is 11.3 Å². The standard InChI is InChI=1S/C14H12BrNO3/c1-9(17)14(15)12-3-2-10(6-7-16)11(8-12)4-5-13(18)19/h2-5,8,14H,6H2,1H3,(H,18,19)/b5-4+. The normalized spacial score (nSPS) is 12.1. The third-order valence-electron chi connectivity index (χ3n) is 2.49. The molecule has 0 aliphatic carbocycles. The van der Waals surface area contributed by atoms with Gasteiger partial charge in [0.05, 0.1) is 17.3 Å². The van der Waals surface area contributed by atoms with Crippen LogP contribution in [-0.4, -0.2) is 16.9 Å². The molecule has 0 saturated carbocycles. The number of carbonyl (C=O) groups is 2. The summed E-state index contributed by atoms with van der Waals surface area (Å²) in [7, 11) is 0. The average molecular weight is 322 g/mol. The maximum atomic E-state index is 11.3. The number of nitriles is 1. The van der Waals surface area contributed by atoms with Crippen LogP contribution in [0.5, 0.6) is 0 Å². The van der Waals surface area contributed by atoms with Gasteiger partial charge in [-0.15, -0.1) is 0 Å². The van der Waals surface area contributed by atoms with Crippen molar-refractivity contribution in [1.29, 1.82) is 5.26 Å². The summed E-state index contributed by atoms with van der Waals surface area (Å²) >= 11 is 3.27. The van der Waals surface area contributed by atoms with Crippen LogP contribution >= 0.6 is 15.9 Å². The number of Topliss-reactive ketones (excluding diaryl/α,β-unsaturated/α-hetero) is 1. The van der Waals surface area contributed by atoms with Gasteiger partial charge >= 0.3 is 5.97 Å². The highest BCUT2D eigenvalue weighted by atomic mass is 79.9. The van der Waals surface area contributed by atoms with Crippen LogP contribution in [0.1, 0.15) is 28.4 Å². The minimum Gasteiger partial charge on any atom is -0.478 e. The lowest BCUT2D eigenvalue weighted by atomic mass is 9.99. The van der Waals surface area contributed by atoms with Gasteiger partial charge in [-0.05, 0) is 35.8 Å². The molecule has 1 aromatic carbocycles. The lowest BCUT2D eigenvalue weighted by Crippen LogP contribution is -2.02. The number of carboxylic acids is 1. The lowest BCUT2D eigenvalue weighted by molar-refractivity contribution is -0.131. The third-order valence-corrected chi connectivity index (χ3v) is 3.67. The lowest BCUT2D eigenvalue weighted by Gasteiger charge is -2.10. The molecule has 0 fully saturated rings. The Morgan fingerprint density at radius 3 is 2.74 bits per heavy atom. The third kappa shape index (κ3) is 4.34. The van der Waals surface area contributed by atoms with E-state index in [0.29, 0.717) is 5.56 Å². The Hall–Kier alpha value is -1.93. The van der Waals surface area contributed by atoms with Crippen molar-refractivity contribution >= 4 is 33.8 Å². The second-order valence-electron chi connectivity index (χ2n) is 3.94. The quantitative estimate of drug-likeness (QED) is 0.668. The fourth-order valence-electron chi connectivity index (χ4n) is 1.57. The molecular weight excluding hydrogens is 310 g/mol. The van der Waals surface area contributed by atoms with Gasteiger partial charge in [-0.1, -0.05) is 28.1 Å². The Morgan fingerprint density at radius 1 is 1.53 bits per heavy atom. The summed E-state index contributed by atoms with van der Waals surface area (Å²) in [5.74, 6) is -1.10. The van der Waals surface area contributed by atoms with Crippen molar-refractivity contribution in [2.45, 2.75) is 18.2 Å². The molecule has 0 bridgehead atoms. The van der Waals surface area contributed by atoms with Gasteiger partial charge in [-0.2, -0.15) is 5.26 Å². The molecule has 0 aromatic heterocycles. The molecule has 19 heavy (non-hydrogen) atoms. The van der Waals surface area contributed by atoms with E-state index in [1.54, 1.807) is 18.2 Å². The van der Waals surface area contributed by atoms with E-state index in [0.717, 1.165) is 17.2 Å². The number of hydrogen-bond acceptors (Lipinski definition) is 3. The molecule has 1 atom stereocenters. The Kier molecular flexibility index (Phi) is 5.46. The molecule has 0 radical (unpaired) electrons. The van der Waals surface area contributed by atoms with Crippen molar-refractivity contribution in [3.05, 3.63) is 41.0 Å². The molecular formula is C14H12BrNO3. The number of nitrogens with zero attached hydrogens (tertiary/aromatic N) is 1. The number of hydrogen-bond donors (Lipinski definition) is 1. The molecule has 0 amide bonds. The van der Waals surface area contributed by atoms with Crippen LogP contribution in [0.15, 0.2) is 24.3 Å². The summed E-state index contributed by atoms with van der Waals surface area (Å²) in [4.78, 5) is 21.4. The van der Waals surface area contributed by atoms with Crippen LogP contribution in [0.2, 0.25) is 0 Å². The van der Waals surface area contributed by atoms with Gasteiger partial charge in [0.1, 0.15) is 5.78 Å². The Labute approximate surface area is 119 Å². The molecule has 0 aliphatic heterocycles. The molecule has 4 nitrogen and oxygen atoms in total. The van der Waals surface area contributed by atoms with Crippen molar-refractivity contribution in [2.75, 3.05) is 0 Å². The fraction of sp³-hybridized carbons (Fsp3) is 0.214. The fourth-order valence-corrected chi connectivity index (χ4v) is 1.85. The summed E-state index contributed by atoms with van der Waals surface area (Å²) in [5, 5.41) is 17.4. The number of rotatable bonds is 5. The predicted molar refractivity (Wildman–Crippen MR) is 74.8 cm³/mol. The maximum absolute atomic E-state index is 11.3. The summed E-state index contributed by atoms with van der Waals surface area (Å²) in [6.07, 6.45) is 2.63. The first-order valence-corrected chi connectivity index (χ1v) is 6.42. The topological polar surface area (TPSA) is 78.2 Å². The molecule has 1 N–H and O–H groups in total. The van der Waals surface area contributed by atoms with Crippen LogP contribution in [0.25, 0.3) is 6.08 Å². The molecule has 5 heteroatoms. The van der Waals surface area contributed by atoms with Crippen molar-refractivity contribution in [2.24, 2.45) is 0 Å². The molecule has 98 valence electrons. The number of ketones is 1. The molecule has 0 heterocycles. The van der Waals surface area contributed by atoms with E-state index in [4.69, 9.17) is 10.4 Å². The van der Waals surface area contributed by atoms with Gasteiger partial charge < -0.3 is 5.11 Å². The van der Waals surface area contributed by atoms with E-state index in [9.17, 15) is 9.59 Å². The van der Waals surface area contributed by atoms with E-state index in [1.807, 2.05) is 6.07 Å². The van der Waals surface area contributed by atoms with Gasteiger partial charge in [0.25, 0.3) is 0 Å². The van der Waals surface area contributed by atoms with Gasteiger partial charge in [0.2, 0.25) is 0 Å². The van der Waals surface area contributed by atoms with E-state index >= 15 is 0 Å². The minimum absolute atomic E-state index is 0.0406. The number of benzene rings is 1. The highest BCUT2D eigenvalue weighted by Gasteiger charge is 2.13. The highest BCUT2D eigenvalue weighted by molar-refractivity contribution is 9.09. The first-order chi connectivity index (χ1) is 8.95. The summed E-state index contributed by atoms with van der Waals surface area (Å²) in [6, 6.07) is 7.23. The Morgan fingerprint density at radius 2 is 2.21 bits per heavy atom. The summed E-state index contributed by atoms with van der Waals surface area (Å²) < 4.78 is 0. The second-order valence-corrected chi connectivity index (χ2v) is 4.85. The molecule has 1 aromatic rings. The molecule has 1 rings (SSSR count). The summed E-state index contributed by atoms with van der Waals surface area (Å²) in [6.45, 7) is 1.47. The van der Waals surface area contributed by atoms with Crippen molar-refractivity contribution in [1.82, 2.24) is 0 Å². The zero-order valence-electron chi connectivity index (χ0n) is 10.3. The second kappa shape index (κ2) is 6.86. The van der Waals surface area contributed by atoms with E-state index < -0.39 is 10.8 Å². The number of carbonyl (C=O) groups excluding carboxylic acids is 1. The highest BCUT2D eigenvalue weighted by Crippen LogP contribution is 2.26. The van der Waals surface area contributed by atoms with Gasteiger partial charge in [-0.3, -0.25) is 4.79 Å². The number of halogens is 1. The van der Waals surface area contributed by atoms with E-state index in [-0.39, 0.29) is 12.2 Å². The van der Waals surface area contributed by atoms with Gasteiger partial charge in [-0.25, -0.2) is 4.79 Å². The van der Waals surface area contributed by atoms with E-state index in [2.05, 4.69) is 15.9 Å². The largest absolute Gasteiger partial charge is 0.478 e. The molecule has 0 saturated heterocycles. The van der Waals surface area contributed by atoms with Crippen molar-refractivity contribution in [3.63, 3.8) is 0 Å². The predicted octanol–water partition coefficient (Wildman–Crippen LogP) is 2.88. The maximum Gasteiger partial charge on any atom is 0.328 e. The zero-order chi connectivity index (χ0) is 14.4. The van der Waals surface area contributed by atoms with Crippen molar-refractivity contribution in [3.8, 4) is 6.07 Å². The molecule has 1 unspecified atom stereocenters. The summed E-state index contributed by atoms with van der Waals surface area (Å²) in [5.41, 5.74) is 2.10. The van der Waals surface area contributed by atoms with Crippen LogP contribution < -0.4 is 0 Å². The monoisotopic (exact) mass is 321 g/mol. The molecule has 0 spiro atoms. The van der Waals surface area contributed by atoms with Crippen LogP contribution in [0.3, 0.4) is 0 Å².